The fourth-order valence-electron chi connectivity index (χ4n) is 4.89. The van der Waals surface area contributed by atoms with Crippen LogP contribution in [-0.4, -0.2) is 47.7 Å². The van der Waals surface area contributed by atoms with Crippen LogP contribution in [0.3, 0.4) is 0 Å². The SMILES string of the molecule is COc1ccc2ncc(Cl)c(C(N)CCC3CCN(CC#Cc4cc(F)ccc4F)CC3C(=O)O)c2c1. The van der Waals surface area contributed by atoms with Gasteiger partial charge in [-0.3, -0.25) is 14.7 Å². The van der Waals surface area contributed by atoms with Gasteiger partial charge < -0.3 is 15.6 Å². The molecule has 3 aromatic rings. The van der Waals surface area contributed by atoms with Crippen LogP contribution in [0.15, 0.2) is 42.6 Å². The number of nitrogens with zero attached hydrogens (tertiary/aromatic N) is 2. The average Bonchev–Trinajstić information content (AvgIpc) is 2.89. The number of rotatable bonds is 7. The number of nitrogens with two attached hydrogens (primary N) is 1. The zero-order chi connectivity index (χ0) is 26.5. The molecule has 6 nitrogen and oxygen atoms in total. The fraction of sp³-hybridized carbons (Fsp3) is 0.357. The van der Waals surface area contributed by atoms with Crippen molar-refractivity contribution in [2.24, 2.45) is 17.6 Å². The van der Waals surface area contributed by atoms with Crippen LogP contribution in [0.1, 0.15) is 36.4 Å². The van der Waals surface area contributed by atoms with Gasteiger partial charge in [-0.2, -0.15) is 0 Å². The number of pyridine rings is 1. The maximum atomic E-state index is 13.8. The summed E-state index contributed by atoms with van der Waals surface area (Å²) in [6, 6.07) is 8.26. The smallest absolute Gasteiger partial charge is 0.308 e. The van der Waals surface area contributed by atoms with Crippen molar-refractivity contribution >= 4 is 28.5 Å². The summed E-state index contributed by atoms with van der Waals surface area (Å²) in [5.41, 5.74) is 8.09. The molecule has 1 aliphatic heterocycles. The van der Waals surface area contributed by atoms with Crippen LogP contribution in [0.5, 0.6) is 5.75 Å². The van der Waals surface area contributed by atoms with Gasteiger partial charge in [-0.1, -0.05) is 23.4 Å². The van der Waals surface area contributed by atoms with E-state index in [9.17, 15) is 18.7 Å². The van der Waals surface area contributed by atoms with Gasteiger partial charge in [0.25, 0.3) is 0 Å². The van der Waals surface area contributed by atoms with Crippen LogP contribution in [-0.2, 0) is 4.79 Å². The Bertz CT molecular complexity index is 1360. The predicted octanol–water partition coefficient (Wildman–Crippen LogP) is 5.03. The Morgan fingerprint density at radius 2 is 2.14 bits per heavy atom. The molecule has 4 rings (SSSR count). The van der Waals surface area contributed by atoms with Crippen molar-refractivity contribution in [2.45, 2.75) is 25.3 Å². The molecule has 0 amide bonds. The summed E-state index contributed by atoms with van der Waals surface area (Å²) in [4.78, 5) is 18.4. The molecule has 0 saturated carbocycles. The molecule has 1 aliphatic rings. The Labute approximate surface area is 219 Å². The van der Waals surface area contributed by atoms with E-state index in [-0.39, 0.29) is 18.0 Å². The molecule has 0 aliphatic carbocycles. The molecule has 37 heavy (non-hydrogen) atoms. The van der Waals surface area contributed by atoms with Crippen LogP contribution >= 0.6 is 11.6 Å². The number of carboxylic acids is 1. The van der Waals surface area contributed by atoms with Gasteiger partial charge in [0.05, 0.1) is 35.7 Å². The van der Waals surface area contributed by atoms with Crippen LogP contribution < -0.4 is 10.5 Å². The number of aliphatic carboxylic acids is 1. The van der Waals surface area contributed by atoms with Crippen molar-refractivity contribution in [2.75, 3.05) is 26.7 Å². The third-order valence-corrected chi connectivity index (χ3v) is 7.20. The molecular weight excluding hydrogens is 500 g/mol. The molecular formula is C28H28ClF2N3O3. The number of fused-ring (bicyclic) bond motifs is 1. The van der Waals surface area contributed by atoms with E-state index in [2.05, 4.69) is 16.8 Å². The lowest BCUT2D eigenvalue weighted by Crippen LogP contribution is -2.44. The second-order valence-electron chi connectivity index (χ2n) is 9.24. The third-order valence-electron chi connectivity index (χ3n) is 6.90. The largest absolute Gasteiger partial charge is 0.497 e. The number of aromatic nitrogens is 1. The zero-order valence-corrected chi connectivity index (χ0v) is 21.1. The van der Waals surface area contributed by atoms with Crippen molar-refractivity contribution in [1.29, 1.82) is 0 Å². The number of piperidine rings is 1. The van der Waals surface area contributed by atoms with Crippen molar-refractivity contribution in [3.63, 3.8) is 0 Å². The molecule has 0 spiro atoms. The van der Waals surface area contributed by atoms with E-state index in [1.165, 1.54) is 0 Å². The van der Waals surface area contributed by atoms with Gasteiger partial charge in [0.1, 0.15) is 17.4 Å². The third kappa shape index (κ3) is 6.37. The minimum absolute atomic E-state index is 0.0152. The Morgan fingerprint density at radius 3 is 2.89 bits per heavy atom. The molecule has 0 radical (unpaired) electrons. The van der Waals surface area contributed by atoms with E-state index in [0.29, 0.717) is 43.1 Å². The van der Waals surface area contributed by atoms with Gasteiger partial charge in [0.15, 0.2) is 0 Å². The number of benzene rings is 2. The van der Waals surface area contributed by atoms with Crippen LogP contribution in [0.25, 0.3) is 10.9 Å². The molecule has 1 aromatic heterocycles. The topological polar surface area (TPSA) is 88.7 Å². The van der Waals surface area contributed by atoms with Gasteiger partial charge in [-0.05, 0) is 73.7 Å². The minimum atomic E-state index is -0.871. The standard InChI is InChI=1S/C28H28ClF2N3O3/c1-37-20-6-9-26-21(14-20)27(23(29)15-33-26)25(32)8-4-17-10-12-34(16-22(17)28(35)36)11-2-3-18-13-19(30)5-7-24(18)31/h5-7,9,13-15,17,22,25H,4,8,10-12,16,32H2,1H3,(H,35,36). The number of hydrogen-bond donors (Lipinski definition) is 2. The monoisotopic (exact) mass is 527 g/mol. The van der Waals surface area contributed by atoms with E-state index in [0.717, 1.165) is 34.7 Å². The van der Waals surface area contributed by atoms with Crippen LogP contribution in [0, 0.1) is 35.3 Å². The number of methoxy groups -OCH3 is 1. The molecule has 3 N–H and O–H groups in total. The first-order valence-corrected chi connectivity index (χ1v) is 12.4. The molecule has 2 heterocycles. The fourth-order valence-corrected chi connectivity index (χ4v) is 5.18. The summed E-state index contributed by atoms with van der Waals surface area (Å²) in [6.07, 6.45) is 3.43. The first-order valence-electron chi connectivity index (χ1n) is 12.0. The number of carboxylic acid groups (broad SMARTS) is 1. The Hall–Kier alpha value is -3.25. The molecule has 1 saturated heterocycles. The van der Waals surface area contributed by atoms with E-state index >= 15 is 0 Å². The molecule has 0 bridgehead atoms. The number of hydrogen-bond acceptors (Lipinski definition) is 5. The summed E-state index contributed by atoms with van der Waals surface area (Å²) < 4.78 is 32.5. The maximum absolute atomic E-state index is 13.8. The van der Waals surface area contributed by atoms with Crippen molar-refractivity contribution in [3.05, 3.63) is 70.4 Å². The molecule has 2 aromatic carbocycles. The van der Waals surface area contributed by atoms with Crippen LogP contribution in [0.2, 0.25) is 5.02 Å². The van der Waals surface area contributed by atoms with Gasteiger partial charge in [0.2, 0.25) is 0 Å². The first kappa shape index (κ1) is 26.8. The predicted molar refractivity (Wildman–Crippen MR) is 138 cm³/mol. The van der Waals surface area contributed by atoms with Crippen molar-refractivity contribution in [1.82, 2.24) is 9.88 Å². The lowest BCUT2D eigenvalue weighted by molar-refractivity contribution is -0.146. The molecule has 1 fully saturated rings. The summed E-state index contributed by atoms with van der Waals surface area (Å²) >= 11 is 6.48. The highest BCUT2D eigenvalue weighted by Crippen LogP contribution is 2.35. The molecule has 3 unspecified atom stereocenters. The maximum Gasteiger partial charge on any atom is 0.308 e. The second-order valence-corrected chi connectivity index (χ2v) is 9.65. The minimum Gasteiger partial charge on any atom is -0.497 e. The lowest BCUT2D eigenvalue weighted by atomic mass is 9.81. The number of carbonyl (C=O) groups is 1. The molecule has 3 atom stereocenters. The average molecular weight is 528 g/mol. The highest BCUT2D eigenvalue weighted by Gasteiger charge is 2.34. The quantitative estimate of drug-likeness (QED) is 0.419. The van der Waals surface area contributed by atoms with E-state index in [1.54, 1.807) is 13.3 Å². The number of likely N-dealkylation sites (tertiary alicyclic amines) is 1. The van der Waals surface area contributed by atoms with E-state index < -0.39 is 29.6 Å². The zero-order valence-electron chi connectivity index (χ0n) is 20.4. The Morgan fingerprint density at radius 1 is 1.32 bits per heavy atom. The summed E-state index contributed by atoms with van der Waals surface area (Å²) in [5.74, 6) is 3.50. The molecule has 194 valence electrons. The van der Waals surface area contributed by atoms with E-state index in [4.69, 9.17) is 22.1 Å². The highest BCUT2D eigenvalue weighted by atomic mass is 35.5. The number of ether oxygens (including phenoxy) is 1. The molecule has 9 heteroatoms. The van der Waals surface area contributed by atoms with Gasteiger partial charge in [-0.15, -0.1) is 0 Å². The summed E-state index contributed by atoms with van der Waals surface area (Å²) in [6.45, 7) is 1.25. The van der Waals surface area contributed by atoms with E-state index in [1.807, 2.05) is 23.1 Å². The van der Waals surface area contributed by atoms with Gasteiger partial charge >= 0.3 is 5.97 Å². The first-order chi connectivity index (χ1) is 17.8. The normalized spacial score (nSPS) is 18.7. The summed E-state index contributed by atoms with van der Waals surface area (Å²) in [7, 11) is 1.59. The van der Waals surface area contributed by atoms with Crippen LogP contribution in [0.4, 0.5) is 8.78 Å². The van der Waals surface area contributed by atoms with Gasteiger partial charge in [0, 0.05) is 24.2 Å². The lowest BCUT2D eigenvalue weighted by Gasteiger charge is -2.36. The Balaban J connectivity index is 1.41. The Kier molecular flexibility index (Phi) is 8.59. The second kappa shape index (κ2) is 11.9. The van der Waals surface area contributed by atoms with Crippen molar-refractivity contribution in [3.8, 4) is 17.6 Å². The van der Waals surface area contributed by atoms with Gasteiger partial charge in [-0.25, -0.2) is 8.78 Å². The number of halogens is 3. The highest BCUT2D eigenvalue weighted by molar-refractivity contribution is 6.32. The summed E-state index contributed by atoms with van der Waals surface area (Å²) in [5, 5.41) is 11.2. The van der Waals surface area contributed by atoms with Crippen molar-refractivity contribution < 1.29 is 23.4 Å².